The van der Waals surface area contributed by atoms with E-state index in [0.29, 0.717) is 88.6 Å². The summed E-state index contributed by atoms with van der Waals surface area (Å²) in [5.41, 5.74) is 5.23. The summed E-state index contributed by atoms with van der Waals surface area (Å²) < 4.78 is 19.7. The Morgan fingerprint density at radius 3 is 0.683 bits per heavy atom. The lowest BCUT2D eigenvalue weighted by Crippen LogP contribution is -1.96. The number of rotatable bonds is 0. The van der Waals surface area contributed by atoms with Gasteiger partial charge in [0.1, 0.15) is 0 Å². The first kappa shape index (κ1) is 32.2. The molecular formula is C44H14N4O12. The topological polar surface area (TPSA) is 231 Å². The number of hydrogen-bond donors (Lipinski definition) is 2. The Hall–Kier alpha value is -8.92. The highest BCUT2D eigenvalue weighted by atomic mass is 16.6. The number of benzene rings is 4. The van der Waals surface area contributed by atoms with Crippen LogP contribution >= 0.6 is 0 Å². The number of cyclic esters (lactones) is 8. The van der Waals surface area contributed by atoms with Crippen molar-refractivity contribution in [1.82, 2.24) is 19.9 Å². The molecule has 16 heteroatoms. The number of nitrogens with zero attached hydrogens (tertiary/aromatic N) is 2. The SMILES string of the molecule is O=C1OC(=O)c2cc3c(cc21)-c1cc2[nH]c(cc4nc(cc5[nH]c(cc-3n1)c1cc3c(cc51)C(=O)OC3=O)-c1cc3c(cc1-4)C(=O)OC3=O)c1cc3c(cc21)C(=O)OC3=O. The van der Waals surface area contributed by atoms with E-state index < -0.39 is 47.8 Å². The normalized spacial score (nSPS) is 15.5. The van der Waals surface area contributed by atoms with Crippen LogP contribution in [0.15, 0.2) is 72.8 Å². The average Bonchev–Trinajstić information content (AvgIpc) is 4.10. The first-order valence-electron chi connectivity index (χ1n) is 18.1. The summed E-state index contributed by atoms with van der Waals surface area (Å²) >= 11 is 0. The van der Waals surface area contributed by atoms with Gasteiger partial charge in [0, 0.05) is 65.9 Å². The Morgan fingerprint density at radius 2 is 0.467 bits per heavy atom. The molecule has 0 fully saturated rings. The maximum Gasteiger partial charge on any atom is 0.346 e. The molecule has 13 rings (SSSR count). The molecule has 0 amide bonds. The molecule has 16 nitrogen and oxygen atoms in total. The Labute approximate surface area is 330 Å². The van der Waals surface area contributed by atoms with Crippen molar-refractivity contribution in [2.24, 2.45) is 0 Å². The van der Waals surface area contributed by atoms with Crippen molar-refractivity contribution in [3.05, 3.63) is 117 Å². The number of aromatic amines is 2. The maximum absolute atomic E-state index is 12.8. The van der Waals surface area contributed by atoms with Crippen molar-refractivity contribution in [3.63, 3.8) is 0 Å². The number of carbonyl (C=O) groups is 8. The van der Waals surface area contributed by atoms with E-state index in [4.69, 9.17) is 28.9 Å². The molecule has 0 atom stereocenters. The van der Waals surface area contributed by atoms with Crippen LogP contribution < -0.4 is 0 Å². The van der Waals surface area contributed by atoms with Crippen molar-refractivity contribution in [2.75, 3.05) is 0 Å². The highest BCUT2D eigenvalue weighted by Gasteiger charge is 2.36. The van der Waals surface area contributed by atoms with Crippen molar-refractivity contribution in [1.29, 1.82) is 0 Å². The Morgan fingerprint density at radius 1 is 0.267 bits per heavy atom. The molecule has 9 heterocycles. The predicted molar refractivity (Wildman–Crippen MR) is 204 cm³/mol. The molecule has 6 aliphatic rings. The van der Waals surface area contributed by atoms with Crippen LogP contribution in [0.25, 0.3) is 88.6 Å². The number of aromatic nitrogens is 4. The molecule has 60 heavy (non-hydrogen) atoms. The third-order valence-corrected chi connectivity index (χ3v) is 11.5. The minimum Gasteiger partial charge on any atom is -0.386 e. The zero-order valence-corrected chi connectivity index (χ0v) is 29.7. The van der Waals surface area contributed by atoms with E-state index in [1.165, 1.54) is 48.5 Å². The summed E-state index contributed by atoms with van der Waals surface area (Å²) in [5.74, 6) is -6.57. The molecule has 8 bridgehead atoms. The van der Waals surface area contributed by atoms with Crippen molar-refractivity contribution >= 4 is 91.4 Å². The third-order valence-electron chi connectivity index (χ3n) is 11.5. The quantitative estimate of drug-likeness (QED) is 0.0945. The van der Waals surface area contributed by atoms with Gasteiger partial charge in [-0.3, -0.25) is 0 Å². The molecule has 6 aliphatic heterocycles. The van der Waals surface area contributed by atoms with Gasteiger partial charge in [-0.2, -0.15) is 0 Å². The van der Waals surface area contributed by atoms with Crippen LogP contribution in [0.2, 0.25) is 0 Å². The van der Waals surface area contributed by atoms with E-state index >= 15 is 0 Å². The van der Waals surface area contributed by atoms with Crippen LogP contribution in [0.5, 0.6) is 0 Å². The Bertz CT molecular complexity index is 3250. The number of esters is 8. The maximum atomic E-state index is 12.8. The van der Waals surface area contributed by atoms with Crippen molar-refractivity contribution in [3.8, 4) is 45.0 Å². The van der Waals surface area contributed by atoms with Gasteiger partial charge in [0.2, 0.25) is 0 Å². The van der Waals surface area contributed by atoms with Gasteiger partial charge < -0.3 is 28.9 Å². The fourth-order valence-electron chi connectivity index (χ4n) is 8.77. The second-order valence-electron chi connectivity index (χ2n) is 14.7. The van der Waals surface area contributed by atoms with E-state index in [9.17, 15) is 38.4 Å². The lowest BCUT2D eigenvalue weighted by atomic mass is 9.96. The predicted octanol–water partition coefficient (Wildman–Crippen LogP) is 6.53. The lowest BCUT2D eigenvalue weighted by Gasteiger charge is -2.02. The molecular weight excluding hydrogens is 777 g/mol. The van der Waals surface area contributed by atoms with Crippen LogP contribution in [0.3, 0.4) is 0 Å². The second-order valence-corrected chi connectivity index (χ2v) is 14.7. The minimum atomic E-state index is -0.823. The first-order valence-corrected chi connectivity index (χ1v) is 18.1. The van der Waals surface area contributed by atoms with Gasteiger partial charge in [0.05, 0.1) is 67.3 Å². The molecule has 0 aliphatic carbocycles. The van der Waals surface area contributed by atoms with Crippen molar-refractivity contribution < 1.29 is 57.3 Å². The fourth-order valence-corrected chi connectivity index (χ4v) is 8.77. The van der Waals surface area contributed by atoms with Crippen molar-refractivity contribution in [2.45, 2.75) is 0 Å². The highest BCUT2D eigenvalue weighted by molar-refractivity contribution is 6.23. The van der Waals surface area contributed by atoms with Gasteiger partial charge in [0.15, 0.2) is 0 Å². The van der Waals surface area contributed by atoms with Gasteiger partial charge in [-0.25, -0.2) is 48.3 Å². The van der Waals surface area contributed by atoms with Gasteiger partial charge in [-0.15, -0.1) is 0 Å². The van der Waals surface area contributed by atoms with E-state index in [1.54, 1.807) is 24.3 Å². The van der Waals surface area contributed by atoms with Crippen LogP contribution in [-0.2, 0) is 18.9 Å². The van der Waals surface area contributed by atoms with Gasteiger partial charge >= 0.3 is 47.8 Å². The van der Waals surface area contributed by atoms with E-state index in [0.717, 1.165) is 0 Å². The zero-order valence-electron chi connectivity index (χ0n) is 29.7. The van der Waals surface area contributed by atoms with E-state index in [-0.39, 0.29) is 44.5 Å². The Kier molecular flexibility index (Phi) is 5.65. The first-order chi connectivity index (χ1) is 28.9. The summed E-state index contributed by atoms with van der Waals surface area (Å²) in [7, 11) is 0. The third kappa shape index (κ3) is 4.06. The second kappa shape index (κ2) is 10.5. The summed E-state index contributed by atoms with van der Waals surface area (Å²) in [6, 6.07) is 18.9. The average molecular weight is 791 g/mol. The molecule has 0 unspecified atom stereocenters. The summed E-state index contributed by atoms with van der Waals surface area (Å²) in [4.78, 5) is 119. The van der Waals surface area contributed by atoms with Crippen LogP contribution in [-0.4, -0.2) is 67.7 Å². The van der Waals surface area contributed by atoms with E-state index in [2.05, 4.69) is 9.97 Å². The highest BCUT2D eigenvalue weighted by Crippen LogP contribution is 2.44. The smallest absolute Gasteiger partial charge is 0.346 e. The fraction of sp³-hybridized carbons (Fsp3) is 0. The van der Waals surface area contributed by atoms with Gasteiger partial charge in [-0.05, 0) is 72.8 Å². The molecule has 0 spiro atoms. The Balaban J connectivity index is 1.22. The summed E-state index contributed by atoms with van der Waals surface area (Å²) in [5, 5.41) is 1.95. The largest absolute Gasteiger partial charge is 0.386 e. The van der Waals surface area contributed by atoms with Crippen LogP contribution in [0.1, 0.15) is 82.9 Å². The number of ether oxygens (including phenoxy) is 4. The zero-order chi connectivity index (χ0) is 40.6. The molecule has 2 N–H and O–H groups in total. The molecule has 4 aromatic carbocycles. The number of hydrogen-bond acceptors (Lipinski definition) is 14. The standard InChI is InChI=1S/C44H14N4O12/c49-37-21-1-13-14(2-22(21)38(50)57-37)30-10-32-17-5-25-26(42(54)59-41(25)53)6-18(17)34(47-32)12-36-20-8-28-27(43(55)60-44(28)56)7-19(20)35(48-36)11-33-16-4-24-23(39(51)58-40(24)52)3-15(16)31(46-33)9-29(13)45-30/h1-12,45,48H. The lowest BCUT2D eigenvalue weighted by molar-refractivity contribution is 0.0425. The summed E-state index contributed by atoms with van der Waals surface area (Å²) in [6.07, 6.45) is 0. The molecule has 282 valence electrons. The minimum absolute atomic E-state index is 0.0409. The van der Waals surface area contributed by atoms with E-state index in [1.807, 2.05) is 0 Å². The summed E-state index contributed by atoms with van der Waals surface area (Å²) in [6.45, 7) is 0. The number of H-pyrrole nitrogens is 2. The monoisotopic (exact) mass is 790 g/mol. The van der Waals surface area contributed by atoms with Gasteiger partial charge in [-0.1, -0.05) is 0 Å². The molecule has 0 saturated carbocycles. The number of carbonyl (C=O) groups excluding carboxylic acids is 8. The van der Waals surface area contributed by atoms with Crippen LogP contribution in [0, 0.1) is 0 Å². The van der Waals surface area contributed by atoms with Crippen LogP contribution in [0.4, 0.5) is 0 Å². The number of nitrogens with one attached hydrogen (secondary N) is 2. The molecule has 0 saturated heterocycles. The molecule has 7 aromatic rings. The van der Waals surface area contributed by atoms with Gasteiger partial charge in [0.25, 0.3) is 0 Å². The number of fused-ring (bicyclic) bond motifs is 24. The molecule has 0 radical (unpaired) electrons. The molecule has 3 aromatic heterocycles.